The highest BCUT2D eigenvalue weighted by atomic mass is 16.4. The van der Waals surface area contributed by atoms with Crippen LogP contribution in [0.25, 0.3) is 0 Å². The first-order valence-corrected chi connectivity index (χ1v) is 4.75. The van der Waals surface area contributed by atoms with Crippen LogP contribution in [0.5, 0.6) is 0 Å². The van der Waals surface area contributed by atoms with E-state index in [1.54, 1.807) is 12.2 Å². The van der Waals surface area contributed by atoms with Crippen LogP contribution in [0.2, 0.25) is 0 Å². The third-order valence-corrected chi connectivity index (χ3v) is 1.84. The van der Waals surface area contributed by atoms with E-state index in [-0.39, 0.29) is 12.3 Å². The molecule has 0 heterocycles. The Kier molecular flexibility index (Phi) is 6.89. The van der Waals surface area contributed by atoms with Gasteiger partial charge < -0.3 is 9.90 Å². The van der Waals surface area contributed by atoms with Crippen LogP contribution in [-0.4, -0.2) is 17.4 Å². The van der Waals surface area contributed by atoms with Crippen molar-refractivity contribution in [2.75, 3.05) is 0 Å². The van der Waals surface area contributed by atoms with E-state index in [4.69, 9.17) is 5.11 Å². The summed E-state index contributed by atoms with van der Waals surface area (Å²) in [4.78, 5) is 20.6. The van der Waals surface area contributed by atoms with Crippen molar-refractivity contribution in [3.63, 3.8) is 0 Å². The fourth-order valence-corrected chi connectivity index (χ4v) is 0.973. The molecule has 0 aliphatic heterocycles. The Morgan fingerprint density at radius 1 is 1.53 bits per heavy atom. The average Bonchev–Trinajstić information content (AvgIpc) is 2.16. The van der Waals surface area contributed by atoms with Crippen LogP contribution in [-0.2, 0) is 9.59 Å². The second-order valence-corrected chi connectivity index (χ2v) is 3.28. The zero-order chi connectivity index (χ0) is 11.7. The van der Waals surface area contributed by atoms with E-state index < -0.39 is 5.97 Å². The molecule has 0 aromatic heterocycles. The maximum atomic E-state index is 10.4. The molecule has 1 N–H and O–H groups in total. The quantitative estimate of drug-likeness (QED) is 0.516. The van der Waals surface area contributed by atoms with Crippen molar-refractivity contribution in [3.8, 4) is 0 Å². The number of carboxylic acid groups (broad SMARTS) is 1. The molecule has 1 unspecified atom stereocenters. The Labute approximate surface area is 89.8 Å². The van der Waals surface area contributed by atoms with Gasteiger partial charge in [0.1, 0.15) is 6.29 Å². The molecule has 0 aromatic rings. The van der Waals surface area contributed by atoms with Gasteiger partial charge in [0.25, 0.3) is 0 Å². The van der Waals surface area contributed by atoms with Gasteiger partial charge in [-0.25, -0.2) is 0 Å². The summed E-state index contributed by atoms with van der Waals surface area (Å²) < 4.78 is 0. The lowest BCUT2D eigenvalue weighted by Gasteiger charge is -1.98. The minimum Gasteiger partial charge on any atom is -0.481 e. The highest BCUT2D eigenvalue weighted by Crippen LogP contribution is 2.05. The number of carbonyl (C=O) groups excluding carboxylic acids is 1. The molecule has 3 heteroatoms. The molecule has 0 fully saturated rings. The number of carbonyl (C=O) groups is 2. The van der Waals surface area contributed by atoms with Crippen molar-refractivity contribution < 1.29 is 14.7 Å². The van der Waals surface area contributed by atoms with Gasteiger partial charge in [0.15, 0.2) is 0 Å². The van der Waals surface area contributed by atoms with Gasteiger partial charge in [0.05, 0.1) is 6.42 Å². The van der Waals surface area contributed by atoms with Crippen molar-refractivity contribution in [2.45, 2.75) is 19.8 Å². The summed E-state index contributed by atoms with van der Waals surface area (Å²) in [6.07, 6.45) is 8.14. The first kappa shape index (κ1) is 13.4. The molecule has 3 nitrogen and oxygen atoms in total. The van der Waals surface area contributed by atoms with Crippen molar-refractivity contribution in [1.82, 2.24) is 0 Å². The topological polar surface area (TPSA) is 54.4 Å². The number of allylic oxidation sites excluding steroid dienone is 4. The summed E-state index contributed by atoms with van der Waals surface area (Å²) in [7, 11) is 0. The molecule has 82 valence electrons. The minimum atomic E-state index is -0.879. The number of hydrogen-bond donors (Lipinski definition) is 1. The lowest BCUT2D eigenvalue weighted by Crippen LogP contribution is -1.95. The van der Waals surface area contributed by atoms with E-state index in [0.29, 0.717) is 12.0 Å². The summed E-state index contributed by atoms with van der Waals surface area (Å²) >= 11 is 0. The van der Waals surface area contributed by atoms with Gasteiger partial charge in [-0.1, -0.05) is 37.8 Å². The first-order valence-electron chi connectivity index (χ1n) is 4.75. The molecular formula is C12H16O3. The Morgan fingerprint density at radius 2 is 2.20 bits per heavy atom. The first-order chi connectivity index (χ1) is 7.10. The lowest BCUT2D eigenvalue weighted by molar-refractivity contribution is -0.136. The van der Waals surface area contributed by atoms with Crippen LogP contribution < -0.4 is 0 Å². The van der Waals surface area contributed by atoms with E-state index in [0.717, 1.165) is 6.29 Å². The summed E-state index contributed by atoms with van der Waals surface area (Å²) in [5, 5.41) is 8.55. The van der Waals surface area contributed by atoms with Crippen molar-refractivity contribution >= 4 is 12.3 Å². The average molecular weight is 208 g/mol. The third-order valence-electron chi connectivity index (χ3n) is 1.84. The largest absolute Gasteiger partial charge is 0.481 e. The number of hydrogen-bond acceptors (Lipinski definition) is 2. The van der Waals surface area contributed by atoms with Crippen LogP contribution in [0.3, 0.4) is 0 Å². The van der Waals surface area contributed by atoms with Crippen LogP contribution in [0, 0.1) is 5.92 Å². The zero-order valence-corrected chi connectivity index (χ0v) is 8.85. The number of aldehydes is 1. The van der Waals surface area contributed by atoms with Gasteiger partial charge in [-0.15, -0.1) is 0 Å². The molecule has 0 amide bonds. The van der Waals surface area contributed by atoms with Gasteiger partial charge in [0, 0.05) is 6.42 Å². The highest BCUT2D eigenvalue weighted by Gasteiger charge is 1.98. The van der Waals surface area contributed by atoms with Crippen LogP contribution in [0.1, 0.15) is 19.8 Å². The molecule has 15 heavy (non-hydrogen) atoms. The molecule has 0 radical (unpaired) electrons. The SMILES string of the molecule is C=C/C(=C\C=CC(C)CC=O)CC(=O)O. The van der Waals surface area contributed by atoms with E-state index in [9.17, 15) is 9.59 Å². The molecule has 0 bridgehead atoms. The maximum Gasteiger partial charge on any atom is 0.307 e. The van der Waals surface area contributed by atoms with Gasteiger partial charge in [0.2, 0.25) is 0 Å². The molecule has 0 rings (SSSR count). The molecular weight excluding hydrogens is 192 g/mol. The number of carboxylic acids is 1. The van der Waals surface area contributed by atoms with Gasteiger partial charge in [-0.3, -0.25) is 4.79 Å². The Bertz CT molecular complexity index is 287. The second kappa shape index (κ2) is 7.74. The Balaban J connectivity index is 4.26. The number of rotatable bonds is 7. The fourth-order valence-electron chi connectivity index (χ4n) is 0.973. The van der Waals surface area contributed by atoms with Crippen molar-refractivity contribution in [1.29, 1.82) is 0 Å². The lowest BCUT2D eigenvalue weighted by atomic mass is 10.1. The zero-order valence-electron chi connectivity index (χ0n) is 8.85. The standard InChI is InChI=1S/C12H16O3/c1-3-11(9-12(14)15)6-4-5-10(2)7-8-13/h3-6,8,10H,1,7,9H2,2H3,(H,14,15)/b5-4?,11-6+. The fraction of sp³-hybridized carbons (Fsp3) is 0.333. The maximum absolute atomic E-state index is 10.4. The molecule has 0 aliphatic rings. The Morgan fingerprint density at radius 3 is 2.67 bits per heavy atom. The summed E-state index contributed by atoms with van der Waals surface area (Å²) in [6.45, 7) is 5.45. The van der Waals surface area contributed by atoms with E-state index in [2.05, 4.69) is 6.58 Å². The van der Waals surface area contributed by atoms with Gasteiger partial charge >= 0.3 is 5.97 Å². The Hall–Kier alpha value is -1.64. The third kappa shape index (κ3) is 7.43. The smallest absolute Gasteiger partial charge is 0.307 e. The molecule has 0 spiro atoms. The monoisotopic (exact) mass is 208 g/mol. The predicted octanol–water partition coefficient (Wildman–Crippen LogP) is 2.35. The van der Waals surface area contributed by atoms with Crippen LogP contribution in [0.4, 0.5) is 0 Å². The molecule has 0 saturated heterocycles. The van der Waals surface area contributed by atoms with Gasteiger partial charge in [-0.2, -0.15) is 0 Å². The van der Waals surface area contributed by atoms with Crippen molar-refractivity contribution in [2.24, 2.45) is 5.92 Å². The molecule has 0 aromatic carbocycles. The molecule has 1 atom stereocenters. The summed E-state index contributed by atoms with van der Waals surface area (Å²) in [6, 6.07) is 0. The summed E-state index contributed by atoms with van der Waals surface area (Å²) in [5.74, 6) is -0.704. The van der Waals surface area contributed by atoms with Crippen LogP contribution in [0.15, 0.2) is 36.5 Å². The predicted molar refractivity (Wildman–Crippen MR) is 59.5 cm³/mol. The molecule has 0 aliphatic carbocycles. The van der Waals surface area contributed by atoms with Crippen molar-refractivity contribution in [3.05, 3.63) is 36.5 Å². The highest BCUT2D eigenvalue weighted by molar-refractivity contribution is 5.71. The minimum absolute atomic E-state index is 0.0318. The van der Waals surface area contributed by atoms with E-state index >= 15 is 0 Å². The molecule has 0 saturated carbocycles. The summed E-state index contributed by atoms with van der Waals surface area (Å²) in [5.41, 5.74) is 0.650. The van der Waals surface area contributed by atoms with Crippen LogP contribution >= 0.6 is 0 Å². The second-order valence-electron chi connectivity index (χ2n) is 3.28. The normalized spacial score (nSPS) is 13.8. The van der Waals surface area contributed by atoms with Gasteiger partial charge in [-0.05, 0) is 11.5 Å². The number of aliphatic carboxylic acids is 1. The van der Waals surface area contributed by atoms with E-state index in [1.165, 1.54) is 6.08 Å². The van der Waals surface area contributed by atoms with E-state index in [1.807, 2.05) is 13.0 Å².